The van der Waals surface area contributed by atoms with Gasteiger partial charge in [0.05, 0.1) is 10.2 Å². The number of hydrogen-bond acceptors (Lipinski definition) is 4. The van der Waals surface area contributed by atoms with Gasteiger partial charge in [-0.2, -0.15) is 0 Å². The molecule has 1 heterocycles. The predicted octanol–water partition coefficient (Wildman–Crippen LogP) is 3.23. The van der Waals surface area contributed by atoms with Gasteiger partial charge in [-0.05, 0) is 56.5 Å². The fourth-order valence-electron chi connectivity index (χ4n) is 3.00. The van der Waals surface area contributed by atoms with Gasteiger partial charge in [-0.15, -0.1) is 23.7 Å². The maximum Gasteiger partial charge on any atom is 0.107 e. The molecular weight excluding hydrogens is 290 g/mol. The summed E-state index contributed by atoms with van der Waals surface area (Å²) >= 11 is 1.73. The molecule has 1 aliphatic rings. The van der Waals surface area contributed by atoms with Crippen LogP contribution in [0.1, 0.15) is 29.3 Å². The zero-order chi connectivity index (χ0) is 13.4. The Kier molecular flexibility index (Phi) is 5.02. The number of halogens is 1. The molecule has 0 amide bonds. The van der Waals surface area contributed by atoms with Crippen LogP contribution in [-0.2, 0) is 6.54 Å². The lowest BCUT2D eigenvalue weighted by Gasteiger charge is -2.37. The normalized spacial score (nSPS) is 21.8. The second-order valence-corrected chi connectivity index (χ2v) is 6.95. The molecule has 0 spiro atoms. The maximum atomic E-state index is 5.66. The highest BCUT2D eigenvalue weighted by molar-refractivity contribution is 7.18. The van der Waals surface area contributed by atoms with E-state index in [-0.39, 0.29) is 12.4 Å². The minimum absolute atomic E-state index is 0. The van der Waals surface area contributed by atoms with Crippen molar-refractivity contribution in [3.63, 3.8) is 0 Å². The van der Waals surface area contributed by atoms with Crippen molar-refractivity contribution in [1.29, 1.82) is 0 Å². The molecule has 3 rings (SSSR count). The average Bonchev–Trinajstić information content (AvgIpc) is 2.74. The third-order valence-corrected chi connectivity index (χ3v) is 5.00. The lowest BCUT2D eigenvalue weighted by molar-refractivity contribution is 0.200. The number of aromatic nitrogens is 1. The van der Waals surface area contributed by atoms with Crippen molar-refractivity contribution in [2.75, 3.05) is 20.6 Å². The Labute approximate surface area is 130 Å². The van der Waals surface area contributed by atoms with E-state index in [1.165, 1.54) is 29.6 Å². The summed E-state index contributed by atoms with van der Waals surface area (Å²) in [5.41, 5.74) is 8.23. The van der Waals surface area contributed by atoms with Gasteiger partial charge in [0.15, 0.2) is 0 Å². The fraction of sp³-hybridized carbons (Fsp3) is 0.533. The molecule has 20 heavy (non-hydrogen) atoms. The van der Waals surface area contributed by atoms with Crippen LogP contribution in [0.5, 0.6) is 0 Å². The van der Waals surface area contributed by atoms with Crippen LogP contribution in [0.2, 0.25) is 0 Å². The van der Waals surface area contributed by atoms with Gasteiger partial charge in [-0.25, -0.2) is 4.98 Å². The number of rotatable bonds is 4. The van der Waals surface area contributed by atoms with E-state index in [2.05, 4.69) is 42.2 Å². The van der Waals surface area contributed by atoms with Gasteiger partial charge in [0.1, 0.15) is 5.01 Å². The van der Waals surface area contributed by atoms with Crippen LogP contribution in [0, 0.1) is 5.92 Å². The Morgan fingerprint density at radius 1 is 1.35 bits per heavy atom. The number of benzene rings is 1. The number of fused-ring (bicyclic) bond motifs is 1. The van der Waals surface area contributed by atoms with Crippen LogP contribution in [0.3, 0.4) is 0 Å². The summed E-state index contributed by atoms with van der Waals surface area (Å²) in [7, 11) is 4.32. The van der Waals surface area contributed by atoms with E-state index in [1.54, 1.807) is 11.3 Å². The van der Waals surface area contributed by atoms with E-state index >= 15 is 0 Å². The molecule has 0 atom stereocenters. The van der Waals surface area contributed by atoms with Crippen molar-refractivity contribution in [3.8, 4) is 0 Å². The molecule has 0 saturated heterocycles. The van der Waals surface area contributed by atoms with Crippen LogP contribution in [0.15, 0.2) is 18.2 Å². The summed E-state index contributed by atoms with van der Waals surface area (Å²) < 4.78 is 1.29. The molecule has 0 bridgehead atoms. The second kappa shape index (κ2) is 6.39. The molecule has 0 unspecified atom stereocenters. The number of thiazole rings is 1. The second-order valence-electron chi connectivity index (χ2n) is 5.84. The molecule has 1 aromatic heterocycles. The van der Waals surface area contributed by atoms with Crippen LogP contribution < -0.4 is 5.73 Å². The van der Waals surface area contributed by atoms with Crippen LogP contribution >= 0.6 is 23.7 Å². The smallest absolute Gasteiger partial charge is 0.107 e. The highest BCUT2D eigenvalue weighted by atomic mass is 35.5. The Bertz CT molecular complexity index is 576. The fourth-order valence-corrected chi connectivity index (χ4v) is 3.90. The number of nitrogens with two attached hydrogens (primary N) is 1. The summed E-state index contributed by atoms with van der Waals surface area (Å²) in [6, 6.07) is 6.72. The molecule has 3 nitrogen and oxygen atoms in total. The van der Waals surface area contributed by atoms with Crippen molar-refractivity contribution in [2.45, 2.75) is 25.3 Å². The first-order valence-corrected chi connectivity index (χ1v) is 7.71. The molecule has 110 valence electrons. The number of hydrogen-bond donors (Lipinski definition) is 1. The molecule has 1 fully saturated rings. The Hall–Kier alpha value is -0.680. The zero-order valence-corrected chi connectivity index (χ0v) is 13.6. The van der Waals surface area contributed by atoms with E-state index in [1.807, 2.05) is 0 Å². The van der Waals surface area contributed by atoms with E-state index in [0.29, 0.717) is 6.54 Å². The van der Waals surface area contributed by atoms with Gasteiger partial charge in [-0.3, -0.25) is 0 Å². The largest absolute Gasteiger partial charge is 0.325 e. The average molecular weight is 312 g/mol. The van der Waals surface area contributed by atoms with E-state index in [4.69, 9.17) is 5.73 Å². The standard InChI is InChI=1S/C15H21N3S.ClH/c1-18(2)9-10-5-12(6-10)11-3-4-13-14(7-11)19-15(8-16)17-13;/h3-4,7,10,12H,5-6,8-9,16H2,1-2H3;1H. The zero-order valence-electron chi connectivity index (χ0n) is 12.0. The SMILES string of the molecule is CN(C)CC1CC(c2ccc3nc(CN)sc3c2)C1.Cl. The molecule has 1 aliphatic carbocycles. The molecule has 1 saturated carbocycles. The van der Waals surface area contributed by atoms with Gasteiger partial charge in [0.2, 0.25) is 0 Å². The Balaban J connectivity index is 0.00000147. The van der Waals surface area contributed by atoms with E-state index < -0.39 is 0 Å². The Morgan fingerprint density at radius 3 is 2.75 bits per heavy atom. The van der Waals surface area contributed by atoms with Crippen LogP contribution in [0.25, 0.3) is 10.2 Å². The van der Waals surface area contributed by atoms with Crippen LogP contribution in [-0.4, -0.2) is 30.5 Å². The quantitative estimate of drug-likeness (QED) is 0.942. The molecule has 5 heteroatoms. The Morgan fingerprint density at radius 2 is 2.10 bits per heavy atom. The van der Waals surface area contributed by atoms with Crippen molar-refractivity contribution >= 4 is 34.0 Å². The molecule has 2 N–H and O–H groups in total. The predicted molar refractivity (Wildman–Crippen MR) is 88.8 cm³/mol. The first-order valence-electron chi connectivity index (χ1n) is 6.90. The third-order valence-electron chi connectivity index (χ3n) is 3.96. The molecule has 2 aromatic rings. The van der Waals surface area contributed by atoms with Gasteiger partial charge >= 0.3 is 0 Å². The topological polar surface area (TPSA) is 42.2 Å². The lowest BCUT2D eigenvalue weighted by atomic mass is 9.71. The summed E-state index contributed by atoms with van der Waals surface area (Å²) in [5.74, 6) is 1.62. The highest BCUT2D eigenvalue weighted by Gasteiger charge is 2.30. The summed E-state index contributed by atoms with van der Waals surface area (Å²) in [4.78, 5) is 6.81. The van der Waals surface area contributed by atoms with Gasteiger partial charge < -0.3 is 10.6 Å². The molecule has 0 aliphatic heterocycles. The van der Waals surface area contributed by atoms with E-state index in [9.17, 15) is 0 Å². The minimum atomic E-state index is 0. The van der Waals surface area contributed by atoms with Gasteiger partial charge in [-0.1, -0.05) is 6.07 Å². The maximum absolute atomic E-state index is 5.66. The van der Waals surface area contributed by atoms with Crippen molar-refractivity contribution in [1.82, 2.24) is 9.88 Å². The summed E-state index contributed by atoms with van der Waals surface area (Å²) in [6.45, 7) is 1.76. The first kappa shape index (κ1) is 15.7. The minimum Gasteiger partial charge on any atom is -0.325 e. The van der Waals surface area contributed by atoms with Crippen molar-refractivity contribution in [3.05, 3.63) is 28.8 Å². The first-order chi connectivity index (χ1) is 9.15. The monoisotopic (exact) mass is 311 g/mol. The third kappa shape index (κ3) is 3.14. The molecule has 1 aromatic carbocycles. The lowest BCUT2D eigenvalue weighted by Crippen LogP contribution is -2.31. The van der Waals surface area contributed by atoms with E-state index in [0.717, 1.165) is 22.4 Å². The van der Waals surface area contributed by atoms with Crippen molar-refractivity contribution in [2.24, 2.45) is 11.7 Å². The summed E-state index contributed by atoms with van der Waals surface area (Å²) in [6.07, 6.45) is 2.65. The van der Waals surface area contributed by atoms with Crippen LogP contribution in [0.4, 0.5) is 0 Å². The summed E-state index contributed by atoms with van der Waals surface area (Å²) in [5, 5.41) is 1.03. The molecule has 0 radical (unpaired) electrons. The highest BCUT2D eigenvalue weighted by Crippen LogP contribution is 2.42. The number of nitrogens with zero attached hydrogens (tertiary/aromatic N) is 2. The van der Waals surface area contributed by atoms with Crippen molar-refractivity contribution < 1.29 is 0 Å². The van der Waals surface area contributed by atoms with Gasteiger partial charge in [0.25, 0.3) is 0 Å². The van der Waals surface area contributed by atoms with Gasteiger partial charge in [0, 0.05) is 13.1 Å². The molecular formula is C15H22ClN3S.